The molecule has 2 aromatic rings. The number of carbonyl (C=O) groups excluding carboxylic acids is 17. The molecule has 0 aliphatic carbocycles. The Labute approximate surface area is 775 Å². The van der Waals surface area contributed by atoms with E-state index in [0.29, 0.717) is 5.56 Å². The molecule has 2 aromatic carbocycles. The Morgan fingerprint density at radius 3 is 1.33 bits per heavy atom. The van der Waals surface area contributed by atoms with Crippen LogP contribution in [0.3, 0.4) is 0 Å². The zero-order chi connectivity index (χ0) is 102. The molecule has 3 rings (SSSR count). The van der Waals surface area contributed by atoms with Gasteiger partial charge in [0.1, 0.15) is 96.9 Å². The fraction of sp³-hybridized carbons (Fsp3) is 0.588. The van der Waals surface area contributed by atoms with Crippen molar-refractivity contribution in [3.05, 3.63) is 65.7 Å². The van der Waals surface area contributed by atoms with Gasteiger partial charge in [-0.3, -0.25) is 110 Å². The van der Waals surface area contributed by atoms with Gasteiger partial charge < -0.3 is 143 Å². The van der Waals surface area contributed by atoms with Crippen molar-refractivity contribution in [1.82, 2.24) is 84.7 Å². The number of phenols is 1. The van der Waals surface area contributed by atoms with Crippen LogP contribution in [0.5, 0.6) is 5.75 Å². The van der Waals surface area contributed by atoms with Gasteiger partial charge in [-0.1, -0.05) is 90.4 Å². The molecular formula is C85H127N19O31. The second-order valence-corrected chi connectivity index (χ2v) is 33.3. The van der Waals surface area contributed by atoms with Crippen LogP contribution in [0, 0.1) is 17.8 Å². The van der Waals surface area contributed by atoms with Crippen LogP contribution in [-0.4, -0.2) is 305 Å². The molecule has 0 bridgehead atoms. The predicted molar refractivity (Wildman–Crippen MR) is 471 cm³/mol. The molecule has 0 spiro atoms. The zero-order valence-electron chi connectivity index (χ0n) is 76.1. The van der Waals surface area contributed by atoms with Crippen molar-refractivity contribution < 1.29 is 151 Å². The number of nitrogens with zero attached hydrogens (tertiary/aromatic N) is 1. The first-order valence-corrected chi connectivity index (χ1v) is 43.7. The van der Waals surface area contributed by atoms with Gasteiger partial charge in [-0.2, -0.15) is 0 Å². The Morgan fingerprint density at radius 1 is 0.415 bits per heavy atom. The quantitative estimate of drug-likeness (QED) is 0.0274. The average Bonchev–Trinajstić information content (AvgIpc) is 1.72. The number of aliphatic hydroxyl groups is 1. The van der Waals surface area contributed by atoms with Gasteiger partial charge in [-0.25, -0.2) is 0 Å². The Bertz CT molecular complexity index is 4500. The van der Waals surface area contributed by atoms with Crippen LogP contribution in [0.2, 0.25) is 0 Å². The van der Waals surface area contributed by atoms with Crippen molar-refractivity contribution in [3.8, 4) is 5.75 Å². The molecule has 50 nitrogen and oxygen atoms in total. The summed E-state index contributed by atoms with van der Waals surface area (Å²) in [6.07, 6.45) is -9.97. The van der Waals surface area contributed by atoms with Gasteiger partial charge in [0.15, 0.2) is 0 Å². The summed E-state index contributed by atoms with van der Waals surface area (Å²) >= 11 is 0. The molecule has 1 heterocycles. The molecule has 1 aliphatic heterocycles. The molecule has 1 saturated heterocycles. The summed E-state index contributed by atoms with van der Waals surface area (Å²) in [5.41, 5.74) is 17.8. The third-order valence-corrected chi connectivity index (χ3v) is 21.3. The normalized spacial score (nSPS) is 15.8. The van der Waals surface area contributed by atoms with E-state index in [1.54, 1.807) is 65.0 Å². The van der Waals surface area contributed by atoms with Crippen LogP contribution in [0.15, 0.2) is 54.6 Å². The van der Waals surface area contributed by atoms with Crippen LogP contribution in [0.1, 0.15) is 176 Å². The van der Waals surface area contributed by atoms with E-state index in [1.165, 1.54) is 31.2 Å². The molecule has 135 heavy (non-hydrogen) atoms. The van der Waals surface area contributed by atoms with Crippen molar-refractivity contribution in [2.75, 3.05) is 26.2 Å². The number of primary amides is 1. The summed E-state index contributed by atoms with van der Waals surface area (Å²) in [7, 11) is 0. The number of benzene rings is 2. The largest absolute Gasteiger partial charge is 0.508 e. The number of amides is 17. The highest BCUT2D eigenvalue weighted by molar-refractivity contribution is 6.02. The summed E-state index contributed by atoms with van der Waals surface area (Å²) in [6, 6.07) is -12.3. The van der Waals surface area contributed by atoms with E-state index in [-0.39, 0.29) is 81.7 Å². The molecule has 1 aliphatic rings. The monoisotopic (exact) mass is 1910 g/mol. The molecule has 50 heteroatoms. The number of aromatic hydroxyl groups is 1. The Morgan fingerprint density at radius 2 is 0.830 bits per heavy atom. The van der Waals surface area contributed by atoms with Gasteiger partial charge in [0.25, 0.3) is 0 Å². The number of likely N-dealkylation sites (tertiary alicyclic amines) is 1. The highest BCUT2D eigenvalue weighted by Crippen LogP contribution is 2.22. The lowest BCUT2D eigenvalue weighted by molar-refractivity contribution is -0.146. The summed E-state index contributed by atoms with van der Waals surface area (Å²) < 4.78 is 0. The van der Waals surface area contributed by atoms with Gasteiger partial charge in [-0.15, -0.1) is 0 Å². The van der Waals surface area contributed by atoms with E-state index >= 15 is 0 Å². The van der Waals surface area contributed by atoms with Crippen molar-refractivity contribution in [2.24, 2.45) is 35.0 Å². The number of nitrogens with two attached hydrogens (primary N) is 3. The standard InChI is InChI=1S/C85H127N19O31/c1-9-43(6)69(83(133)99-55(36-47-20-22-48(106)23-21-47)79(129)91-44(7)71(121)93-53(26-30-63(111)112)76(126)94-50(18-13-14-32-86)75(125)97-56(35-46-16-11-10-12-17-46)80(130)95-51(24-28-60(88)107)73(123)90-40-67(119)120)102-84(134)70(45(8)105)103-78(128)52(25-29-62(109)110)92-61(108)39-89-74(124)57(37-65(115)116)98-77(127)54(27-31-64(113)114)96-81(131)59-19-15-33-104(59)85(135)58(38-66(117)118)100-82(132)68(42(4)5)101-72(122)49(87)34-41(2)3/h10-12,16-17,20-23,41-45,49-59,68-70,105-106H,9,13-15,18-19,24-40,86-87H2,1-8H3,(H2,88,107)(H,89,124)(H,90,123)(H,91,129)(H,92,108)(H,93,121)(H,94,126)(H,95,130)(H,96,131)(H,97,125)(H,98,127)(H,99,133)(H,100,132)(H,101,122)(H,102,134)(H,103,128)(H,109,110)(H,111,112)(H,113,114)(H,115,116)(H,117,118)(H,119,120)/t43-,44-,45+,49-,50-,51-,52-,53-,54-,55-,56-,57-,58-,59-,68-,69-,70-/m0/s1. The van der Waals surface area contributed by atoms with Crippen molar-refractivity contribution in [2.45, 2.75) is 274 Å². The van der Waals surface area contributed by atoms with E-state index in [4.69, 9.17) is 17.2 Å². The SMILES string of the molecule is CC[C@H](C)[C@H](NC(=O)[C@@H](NC(=O)[C@H](CCC(=O)O)NC(=O)CNC(=O)[C@H](CC(=O)O)NC(=O)[C@H](CCC(=O)O)NC(=O)[C@@H]1CCCN1C(=O)[C@H](CC(=O)O)NC(=O)[C@@H](NC(=O)[C@@H](N)CC(C)C)C(C)C)[C@@H](C)O)C(=O)N[C@@H](Cc1ccc(O)cc1)C(=O)N[C@@H](C)C(=O)N[C@@H](CCC(=O)O)C(=O)N[C@@H](CCCCN)C(=O)N[C@@H](Cc1ccccc1)C(=O)N[C@@H](CCC(N)=O)C(=O)NCC(=O)O. The maximum absolute atomic E-state index is 14.7. The second-order valence-electron chi connectivity index (χ2n) is 33.3. The number of carboxylic acid groups (broad SMARTS) is 6. The molecule has 29 N–H and O–H groups in total. The minimum Gasteiger partial charge on any atom is -0.508 e. The number of hydrogen-bond acceptors (Lipinski definition) is 27. The second kappa shape index (κ2) is 58.1. The first-order valence-electron chi connectivity index (χ1n) is 43.7. The highest BCUT2D eigenvalue weighted by atomic mass is 16.4. The highest BCUT2D eigenvalue weighted by Gasteiger charge is 2.44. The van der Waals surface area contributed by atoms with Gasteiger partial charge in [-0.05, 0) is 126 Å². The molecule has 17 atom stereocenters. The lowest BCUT2D eigenvalue weighted by Crippen LogP contribution is -2.62. The summed E-state index contributed by atoms with van der Waals surface area (Å²) in [5.74, 6) is -30.4. The van der Waals surface area contributed by atoms with E-state index in [2.05, 4.69) is 74.4 Å². The van der Waals surface area contributed by atoms with Crippen molar-refractivity contribution in [3.63, 3.8) is 0 Å². The number of aliphatic carboxylic acids is 6. The molecule has 1 fully saturated rings. The molecule has 0 radical (unpaired) electrons. The van der Waals surface area contributed by atoms with Gasteiger partial charge in [0.2, 0.25) is 100 Å². The lowest BCUT2D eigenvalue weighted by Gasteiger charge is -2.31. The van der Waals surface area contributed by atoms with Crippen molar-refractivity contribution in [1.29, 1.82) is 0 Å². The van der Waals surface area contributed by atoms with Gasteiger partial charge >= 0.3 is 35.8 Å². The molecular weight excluding hydrogens is 1780 g/mol. The average molecular weight is 1910 g/mol. The Kier molecular flexibility index (Phi) is 49.5. The maximum atomic E-state index is 14.7. The first-order chi connectivity index (χ1) is 63.4. The van der Waals surface area contributed by atoms with E-state index in [9.17, 15) is 151 Å². The third kappa shape index (κ3) is 42.1. The summed E-state index contributed by atoms with van der Waals surface area (Å²) in [5, 5.41) is 114. The number of phenolic OH excluding ortho intramolecular Hbond substituents is 1. The van der Waals surface area contributed by atoms with Crippen LogP contribution < -0.4 is 97.0 Å². The van der Waals surface area contributed by atoms with Crippen molar-refractivity contribution >= 4 is 136 Å². The molecule has 748 valence electrons. The van der Waals surface area contributed by atoms with Crippen LogP contribution >= 0.6 is 0 Å². The van der Waals surface area contributed by atoms with E-state index in [0.717, 1.165) is 18.7 Å². The number of rotatable bonds is 62. The minimum atomic E-state index is -2.16. The predicted octanol–water partition coefficient (Wildman–Crippen LogP) is -6.80. The fourth-order valence-corrected chi connectivity index (χ4v) is 13.7. The van der Waals surface area contributed by atoms with Crippen LogP contribution in [-0.2, 0) is 123 Å². The summed E-state index contributed by atoms with van der Waals surface area (Å²) in [4.78, 5) is 309. The van der Waals surface area contributed by atoms with Crippen LogP contribution in [0.4, 0.5) is 0 Å². The molecule has 0 unspecified atom stereocenters. The fourth-order valence-electron chi connectivity index (χ4n) is 13.7. The lowest BCUT2D eigenvalue weighted by atomic mass is 9.96. The van der Waals surface area contributed by atoms with Crippen LogP contribution in [0.25, 0.3) is 0 Å². The Hall–Kier alpha value is -14.1. The number of aliphatic hydroxyl groups excluding tert-OH is 1. The van der Waals surface area contributed by atoms with Gasteiger partial charge in [0.05, 0.1) is 31.5 Å². The van der Waals surface area contributed by atoms with E-state index in [1.807, 2.05) is 5.32 Å². The minimum absolute atomic E-state index is 0.0169. The van der Waals surface area contributed by atoms with E-state index < -0.39 is 329 Å². The number of carbonyl (C=O) groups is 23. The molecule has 17 amide bonds. The number of carboxylic acids is 6. The third-order valence-electron chi connectivity index (χ3n) is 21.3. The van der Waals surface area contributed by atoms with Gasteiger partial charge in [0, 0.05) is 45.1 Å². The number of unbranched alkanes of at least 4 members (excludes halogenated alkanes) is 1. The molecule has 0 aromatic heterocycles. The topological polar surface area (TPSA) is 816 Å². The number of nitrogens with one attached hydrogen (secondary N) is 15. The maximum Gasteiger partial charge on any atom is 0.322 e. The summed E-state index contributed by atoms with van der Waals surface area (Å²) in [6.45, 7) is 9.67. The zero-order valence-corrected chi connectivity index (χ0v) is 76.1. The first kappa shape index (κ1) is 115. The Balaban J connectivity index is 1.90. The molecule has 0 saturated carbocycles. The number of hydrogen-bond donors (Lipinski definition) is 26. The smallest absolute Gasteiger partial charge is 0.322 e.